The molecule has 0 aliphatic carbocycles. The van der Waals surface area contributed by atoms with Crippen LogP contribution in [0.15, 0.2) is 29.6 Å². The molecule has 2 atom stereocenters. The molecule has 2 heterocycles. The summed E-state index contributed by atoms with van der Waals surface area (Å²) >= 11 is 1.49. The molecule has 0 bridgehead atoms. The highest BCUT2D eigenvalue weighted by Crippen LogP contribution is 2.24. The van der Waals surface area contributed by atoms with E-state index in [2.05, 4.69) is 10.3 Å². The SMILES string of the molecule is Fc1ccc(-c2nc(COC[C@@H](F)CCCCC3CCCCNC3)cs2)cc1. The lowest BCUT2D eigenvalue weighted by molar-refractivity contribution is 0.0639. The lowest BCUT2D eigenvalue weighted by atomic mass is 9.96. The Morgan fingerprint density at radius 3 is 2.93 bits per heavy atom. The molecule has 0 amide bonds. The quantitative estimate of drug-likeness (QED) is 0.508. The summed E-state index contributed by atoms with van der Waals surface area (Å²) in [7, 11) is 0. The van der Waals surface area contributed by atoms with Gasteiger partial charge < -0.3 is 10.1 Å². The standard InChI is InChI=1S/C22H30F2N2OS/c23-19-10-8-18(9-11-19)22-26-21(16-28-22)15-27-14-20(24)7-2-1-5-17-6-3-4-12-25-13-17/h8-11,16-17,20,25H,1-7,12-15H2/t17?,20-/m0/s1. The minimum Gasteiger partial charge on any atom is -0.372 e. The van der Waals surface area contributed by atoms with Gasteiger partial charge in [0, 0.05) is 10.9 Å². The third-order valence-corrected chi connectivity index (χ3v) is 6.16. The number of benzene rings is 1. The van der Waals surface area contributed by atoms with Gasteiger partial charge >= 0.3 is 0 Å². The fourth-order valence-electron chi connectivity index (χ4n) is 3.61. The molecule has 1 aliphatic rings. The predicted octanol–water partition coefficient (Wildman–Crippen LogP) is 5.75. The maximum absolute atomic E-state index is 14.1. The highest BCUT2D eigenvalue weighted by Gasteiger charge is 2.13. The van der Waals surface area contributed by atoms with Crippen LogP contribution < -0.4 is 5.32 Å². The summed E-state index contributed by atoms with van der Waals surface area (Å²) in [6, 6.07) is 6.27. The van der Waals surface area contributed by atoms with Crippen LogP contribution in [0, 0.1) is 11.7 Å². The lowest BCUT2D eigenvalue weighted by Crippen LogP contribution is -2.20. The van der Waals surface area contributed by atoms with Crippen molar-refractivity contribution in [3.05, 3.63) is 41.2 Å². The average molecular weight is 409 g/mol. The number of unbranched alkanes of at least 4 members (excludes halogenated alkanes) is 1. The average Bonchev–Trinajstić information content (AvgIpc) is 3.01. The summed E-state index contributed by atoms with van der Waals surface area (Å²) in [5, 5.41) is 6.22. The van der Waals surface area contributed by atoms with E-state index in [1.807, 2.05) is 5.38 Å². The first-order valence-electron chi connectivity index (χ1n) is 10.3. The van der Waals surface area contributed by atoms with Crippen molar-refractivity contribution in [2.75, 3.05) is 19.7 Å². The number of halogens is 2. The Morgan fingerprint density at radius 1 is 1.21 bits per heavy atom. The molecule has 28 heavy (non-hydrogen) atoms. The van der Waals surface area contributed by atoms with Crippen LogP contribution in [0.2, 0.25) is 0 Å². The number of alkyl halides is 1. The Hall–Kier alpha value is -1.37. The third kappa shape index (κ3) is 7.22. The molecule has 1 aromatic heterocycles. The number of hydrogen-bond donors (Lipinski definition) is 1. The zero-order valence-electron chi connectivity index (χ0n) is 16.3. The molecule has 1 unspecified atom stereocenters. The number of ether oxygens (including phenoxy) is 1. The Labute approximate surface area is 170 Å². The number of hydrogen-bond acceptors (Lipinski definition) is 4. The summed E-state index contributed by atoms with van der Waals surface area (Å²) in [5.41, 5.74) is 1.67. The largest absolute Gasteiger partial charge is 0.372 e. The van der Waals surface area contributed by atoms with E-state index < -0.39 is 6.17 Å². The smallest absolute Gasteiger partial charge is 0.123 e. The van der Waals surface area contributed by atoms with Gasteiger partial charge in [-0.15, -0.1) is 11.3 Å². The van der Waals surface area contributed by atoms with E-state index in [9.17, 15) is 8.78 Å². The molecule has 0 radical (unpaired) electrons. The molecule has 1 N–H and O–H groups in total. The molecule has 6 heteroatoms. The van der Waals surface area contributed by atoms with Crippen LogP contribution in [-0.2, 0) is 11.3 Å². The minimum absolute atomic E-state index is 0.119. The van der Waals surface area contributed by atoms with Gasteiger partial charge in [0.2, 0.25) is 0 Å². The molecular weight excluding hydrogens is 378 g/mol. The van der Waals surface area contributed by atoms with Gasteiger partial charge in [-0.1, -0.05) is 19.3 Å². The van der Waals surface area contributed by atoms with Gasteiger partial charge in [-0.05, 0) is 69.0 Å². The summed E-state index contributed by atoms with van der Waals surface area (Å²) in [6.07, 6.45) is 6.78. The highest BCUT2D eigenvalue weighted by atomic mass is 32.1. The second kappa shape index (κ2) is 11.6. The van der Waals surface area contributed by atoms with Gasteiger partial charge in [-0.2, -0.15) is 0 Å². The summed E-state index contributed by atoms with van der Waals surface area (Å²) in [5.74, 6) is 0.500. The van der Waals surface area contributed by atoms with E-state index in [4.69, 9.17) is 4.74 Å². The monoisotopic (exact) mass is 408 g/mol. The highest BCUT2D eigenvalue weighted by molar-refractivity contribution is 7.13. The van der Waals surface area contributed by atoms with E-state index >= 15 is 0 Å². The van der Waals surface area contributed by atoms with Crippen LogP contribution in [0.5, 0.6) is 0 Å². The van der Waals surface area contributed by atoms with E-state index in [1.165, 1.54) is 49.2 Å². The van der Waals surface area contributed by atoms with Crippen LogP contribution >= 0.6 is 11.3 Å². The van der Waals surface area contributed by atoms with Gasteiger partial charge in [-0.25, -0.2) is 13.8 Å². The van der Waals surface area contributed by atoms with Gasteiger partial charge in [0.1, 0.15) is 17.0 Å². The molecule has 1 aromatic carbocycles. The van der Waals surface area contributed by atoms with E-state index in [0.717, 1.165) is 48.1 Å². The van der Waals surface area contributed by atoms with Crippen LogP contribution in [0.25, 0.3) is 10.6 Å². The zero-order valence-corrected chi connectivity index (χ0v) is 17.2. The summed E-state index contributed by atoms with van der Waals surface area (Å²) in [4.78, 5) is 4.48. The summed E-state index contributed by atoms with van der Waals surface area (Å²) < 4.78 is 32.6. The second-order valence-corrected chi connectivity index (χ2v) is 8.47. The van der Waals surface area contributed by atoms with E-state index in [0.29, 0.717) is 13.0 Å². The topological polar surface area (TPSA) is 34.1 Å². The molecule has 1 fully saturated rings. The van der Waals surface area contributed by atoms with E-state index in [1.54, 1.807) is 12.1 Å². The van der Waals surface area contributed by atoms with Crippen molar-refractivity contribution in [3.8, 4) is 10.6 Å². The molecule has 1 aliphatic heterocycles. The Morgan fingerprint density at radius 2 is 2.07 bits per heavy atom. The Balaban J connectivity index is 1.29. The van der Waals surface area contributed by atoms with Gasteiger partial charge in [0.25, 0.3) is 0 Å². The van der Waals surface area contributed by atoms with E-state index in [-0.39, 0.29) is 12.4 Å². The van der Waals surface area contributed by atoms with Crippen molar-refractivity contribution >= 4 is 11.3 Å². The first-order chi connectivity index (χ1) is 13.7. The van der Waals surface area contributed by atoms with Crippen LogP contribution in [0.1, 0.15) is 50.6 Å². The number of aromatic nitrogens is 1. The van der Waals surface area contributed by atoms with Crippen LogP contribution in [0.4, 0.5) is 8.78 Å². The van der Waals surface area contributed by atoms with Crippen LogP contribution in [0.3, 0.4) is 0 Å². The van der Waals surface area contributed by atoms with Crippen molar-refractivity contribution in [1.29, 1.82) is 0 Å². The van der Waals surface area contributed by atoms with Crippen molar-refractivity contribution in [1.82, 2.24) is 10.3 Å². The number of nitrogens with zero attached hydrogens (tertiary/aromatic N) is 1. The van der Waals surface area contributed by atoms with Crippen molar-refractivity contribution in [2.24, 2.45) is 5.92 Å². The lowest BCUT2D eigenvalue weighted by Gasteiger charge is -2.14. The van der Waals surface area contributed by atoms with Crippen molar-refractivity contribution in [3.63, 3.8) is 0 Å². The zero-order chi connectivity index (χ0) is 19.6. The van der Waals surface area contributed by atoms with Crippen molar-refractivity contribution in [2.45, 2.75) is 57.7 Å². The van der Waals surface area contributed by atoms with Gasteiger partial charge in [-0.3, -0.25) is 0 Å². The molecule has 3 nitrogen and oxygen atoms in total. The Bertz CT molecular complexity index is 684. The molecule has 0 saturated carbocycles. The summed E-state index contributed by atoms with van der Waals surface area (Å²) in [6.45, 7) is 2.70. The molecule has 2 aromatic rings. The fraction of sp³-hybridized carbons (Fsp3) is 0.591. The fourth-order valence-corrected chi connectivity index (χ4v) is 4.42. The first kappa shape index (κ1) is 21.3. The van der Waals surface area contributed by atoms with Gasteiger partial charge in [0.05, 0.1) is 18.9 Å². The molecule has 154 valence electrons. The molecule has 1 saturated heterocycles. The number of nitrogens with one attached hydrogen (secondary N) is 1. The van der Waals surface area contributed by atoms with Crippen molar-refractivity contribution < 1.29 is 13.5 Å². The molecular formula is C22H30F2N2OS. The predicted molar refractivity (Wildman–Crippen MR) is 111 cm³/mol. The number of rotatable bonds is 10. The van der Waals surface area contributed by atoms with Gasteiger partial charge in [0.15, 0.2) is 0 Å². The second-order valence-electron chi connectivity index (χ2n) is 7.61. The van der Waals surface area contributed by atoms with Crippen LogP contribution in [-0.4, -0.2) is 30.9 Å². The Kier molecular flexibility index (Phi) is 8.83. The maximum Gasteiger partial charge on any atom is 0.123 e. The molecule has 3 rings (SSSR count). The molecule has 0 spiro atoms. The number of thiazole rings is 1. The first-order valence-corrected chi connectivity index (χ1v) is 11.2. The maximum atomic E-state index is 14.1. The minimum atomic E-state index is -0.914. The third-order valence-electron chi connectivity index (χ3n) is 5.22. The normalized spacial score (nSPS) is 18.7.